The van der Waals surface area contributed by atoms with Crippen molar-refractivity contribution in [3.05, 3.63) is 33.9 Å². The van der Waals surface area contributed by atoms with E-state index in [-0.39, 0.29) is 16.0 Å². The molecule has 6 heteroatoms. The van der Waals surface area contributed by atoms with Crippen LogP contribution in [0.15, 0.2) is 18.2 Å². The topological polar surface area (TPSA) is 79.0 Å². The molecule has 0 spiro atoms. The van der Waals surface area contributed by atoms with Crippen molar-refractivity contribution in [2.45, 2.75) is 36.9 Å². The number of nitriles is 1. The van der Waals surface area contributed by atoms with E-state index in [1.807, 2.05) is 17.8 Å². The number of nitro groups is 1. The molecule has 0 saturated heterocycles. The van der Waals surface area contributed by atoms with Gasteiger partial charge >= 0.3 is 5.69 Å². The molecule has 112 valence electrons. The van der Waals surface area contributed by atoms with Crippen molar-refractivity contribution in [3.63, 3.8) is 0 Å². The first kappa shape index (κ1) is 15.6. The van der Waals surface area contributed by atoms with E-state index in [1.165, 1.54) is 25.3 Å². The monoisotopic (exact) mass is 305 g/mol. The van der Waals surface area contributed by atoms with Crippen LogP contribution in [0.4, 0.5) is 11.4 Å². The molecule has 2 rings (SSSR count). The summed E-state index contributed by atoms with van der Waals surface area (Å²) in [5.74, 6) is 0. The quantitative estimate of drug-likeness (QED) is 0.658. The fourth-order valence-corrected chi connectivity index (χ4v) is 3.79. The standard InChI is InChI=1S/C15H19N3O2S/c1-21-15(8-3-2-4-9-15)11-17-13-7-5-6-12(10-16)14(13)18(19)20/h5-7,17H,2-4,8-9,11H2,1H3. The maximum Gasteiger partial charge on any atom is 0.309 e. The van der Waals surface area contributed by atoms with Crippen LogP contribution in [0.1, 0.15) is 37.7 Å². The minimum Gasteiger partial charge on any atom is -0.378 e. The molecule has 0 radical (unpaired) electrons. The summed E-state index contributed by atoms with van der Waals surface area (Å²) in [6.07, 6.45) is 8.06. The Hall–Kier alpha value is -1.74. The third-order valence-corrected chi connectivity index (χ3v) is 5.56. The van der Waals surface area contributed by atoms with E-state index in [2.05, 4.69) is 11.6 Å². The summed E-state index contributed by atoms with van der Waals surface area (Å²) in [7, 11) is 0. The molecule has 0 atom stereocenters. The molecule has 1 aromatic rings. The first-order valence-electron chi connectivity index (χ1n) is 7.08. The van der Waals surface area contributed by atoms with E-state index in [9.17, 15) is 10.1 Å². The summed E-state index contributed by atoms with van der Waals surface area (Å²) in [6.45, 7) is 0.698. The second kappa shape index (κ2) is 6.81. The smallest absolute Gasteiger partial charge is 0.309 e. The Morgan fingerprint density at radius 3 is 2.71 bits per heavy atom. The van der Waals surface area contributed by atoms with Gasteiger partial charge in [0.2, 0.25) is 0 Å². The van der Waals surface area contributed by atoms with Gasteiger partial charge in [-0.3, -0.25) is 10.1 Å². The zero-order valence-corrected chi connectivity index (χ0v) is 12.9. The lowest BCUT2D eigenvalue weighted by atomic mass is 9.88. The van der Waals surface area contributed by atoms with Gasteiger partial charge < -0.3 is 5.32 Å². The molecule has 1 saturated carbocycles. The van der Waals surface area contributed by atoms with Gasteiger partial charge in [0, 0.05) is 11.3 Å². The third kappa shape index (κ3) is 3.48. The Labute approximate surface area is 128 Å². The molecule has 5 nitrogen and oxygen atoms in total. The molecule has 1 aliphatic rings. The first-order chi connectivity index (χ1) is 10.1. The highest BCUT2D eigenvalue weighted by atomic mass is 32.2. The lowest BCUT2D eigenvalue weighted by Gasteiger charge is -2.36. The lowest BCUT2D eigenvalue weighted by Crippen LogP contribution is -2.35. The second-order valence-electron chi connectivity index (χ2n) is 5.37. The number of para-hydroxylation sites is 1. The molecule has 0 aliphatic heterocycles. The highest BCUT2D eigenvalue weighted by molar-refractivity contribution is 8.00. The number of hydrogen-bond donors (Lipinski definition) is 1. The van der Waals surface area contributed by atoms with Gasteiger partial charge in [0.05, 0.1) is 4.92 Å². The van der Waals surface area contributed by atoms with Gasteiger partial charge in [0.25, 0.3) is 0 Å². The Kier molecular flexibility index (Phi) is 5.07. The molecular formula is C15H19N3O2S. The number of nitro benzene ring substituents is 1. The van der Waals surface area contributed by atoms with Crippen molar-refractivity contribution >= 4 is 23.1 Å². The average molecular weight is 305 g/mol. The summed E-state index contributed by atoms with van der Waals surface area (Å²) >= 11 is 1.84. The van der Waals surface area contributed by atoms with E-state index in [0.717, 1.165) is 12.8 Å². The minimum absolute atomic E-state index is 0.104. The number of hydrogen-bond acceptors (Lipinski definition) is 5. The molecule has 0 bridgehead atoms. The van der Waals surface area contributed by atoms with Gasteiger partial charge in [-0.05, 0) is 31.2 Å². The Bertz CT molecular complexity index is 563. The lowest BCUT2D eigenvalue weighted by molar-refractivity contribution is -0.384. The summed E-state index contributed by atoms with van der Waals surface area (Å²) in [6, 6.07) is 6.73. The minimum atomic E-state index is -0.479. The Morgan fingerprint density at radius 1 is 1.43 bits per heavy atom. The fourth-order valence-electron chi connectivity index (χ4n) is 2.88. The molecule has 1 aliphatic carbocycles. The van der Waals surface area contributed by atoms with Crippen molar-refractivity contribution in [2.24, 2.45) is 0 Å². The Morgan fingerprint density at radius 2 is 2.14 bits per heavy atom. The van der Waals surface area contributed by atoms with Gasteiger partial charge in [-0.1, -0.05) is 25.3 Å². The van der Waals surface area contributed by atoms with Crippen molar-refractivity contribution in [2.75, 3.05) is 18.1 Å². The predicted octanol–water partition coefficient (Wildman–Crippen LogP) is 3.94. The SMILES string of the molecule is CSC1(CNc2cccc(C#N)c2[N+](=O)[O-])CCCCC1. The number of nitrogens with one attached hydrogen (secondary N) is 1. The van der Waals surface area contributed by atoms with Crippen LogP contribution in [0.2, 0.25) is 0 Å². The number of benzene rings is 1. The maximum atomic E-state index is 11.2. The van der Waals surface area contributed by atoms with Crippen LogP contribution in [0.5, 0.6) is 0 Å². The van der Waals surface area contributed by atoms with Crippen LogP contribution in [0.25, 0.3) is 0 Å². The number of rotatable bonds is 5. The molecule has 21 heavy (non-hydrogen) atoms. The highest BCUT2D eigenvalue weighted by Gasteiger charge is 2.31. The van der Waals surface area contributed by atoms with Gasteiger partial charge in [-0.25, -0.2) is 0 Å². The van der Waals surface area contributed by atoms with Crippen molar-refractivity contribution < 1.29 is 4.92 Å². The van der Waals surface area contributed by atoms with E-state index >= 15 is 0 Å². The normalized spacial score (nSPS) is 17.0. The zero-order valence-electron chi connectivity index (χ0n) is 12.1. The van der Waals surface area contributed by atoms with Crippen molar-refractivity contribution in [1.29, 1.82) is 5.26 Å². The number of nitrogens with zero attached hydrogens (tertiary/aromatic N) is 2. The molecule has 0 heterocycles. The van der Waals surface area contributed by atoms with Crippen LogP contribution in [0, 0.1) is 21.4 Å². The molecule has 1 fully saturated rings. The average Bonchev–Trinajstić information content (AvgIpc) is 2.53. The Balaban J connectivity index is 2.20. The van der Waals surface area contributed by atoms with Crippen molar-refractivity contribution in [1.82, 2.24) is 0 Å². The van der Waals surface area contributed by atoms with Gasteiger partial charge in [-0.15, -0.1) is 0 Å². The first-order valence-corrected chi connectivity index (χ1v) is 8.31. The summed E-state index contributed by atoms with van der Waals surface area (Å²) in [5, 5.41) is 23.4. The summed E-state index contributed by atoms with van der Waals surface area (Å²) in [5.41, 5.74) is 0.428. The van der Waals surface area contributed by atoms with E-state index < -0.39 is 4.92 Å². The molecule has 1 N–H and O–H groups in total. The summed E-state index contributed by atoms with van der Waals surface area (Å²) < 4.78 is 0.148. The van der Waals surface area contributed by atoms with Crippen LogP contribution in [-0.2, 0) is 0 Å². The molecule has 1 aromatic carbocycles. The molecule has 0 unspecified atom stereocenters. The fraction of sp³-hybridized carbons (Fsp3) is 0.533. The maximum absolute atomic E-state index is 11.2. The highest BCUT2D eigenvalue weighted by Crippen LogP contribution is 2.39. The van der Waals surface area contributed by atoms with Crippen LogP contribution in [-0.4, -0.2) is 22.5 Å². The molecule has 0 amide bonds. The third-order valence-electron chi connectivity index (χ3n) is 4.14. The van der Waals surface area contributed by atoms with E-state index in [1.54, 1.807) is 12.1 Å². The predicted molar refractivity (Wildman–Crippen MR) is 85.6 cm³/mol. The van der Waals surface area contributed by atoms with E-state index in [0.29, 0.717) is 12.2 Å². The zero-order chi connectivity index (χ0) is 15.3. The van der Waals surface area contributed by atoms with Gasteiger partial charge in [0.1, 0.15) is 17.3 Å². The molecule has 0 aromatic heterocycles. The van der Waals surface area contributed by atoms with Crippen LogP contribution in [0.3, 0.4) is 0 Å². The second-order valence-corrected chi connectivity index (χ2v) is 6.65. The summed E-state index contributed by atoms with van der Waals surface area (Å²) in [4.78, 5) is 10.7. The number of thioether (sulfide) groups is 1. The van der Waals surface area contributed by atoms with Gasteiger partial charge in [0.15, 0.2) is 0 Å². The number of anilines is 1. The van der Waals surface area contributed by atoms with Gasteiger partial charge in [-0.2, -0.15) is 17.0 Å². The van der Waals surface area contributed by atoms with Crippen LogP contribution >= 0.6 is 11.8 Å². The van der Waals surface area contributed by atoms with Crippen molar-refractivity contribution in [3.8, 4) is 6.07 Å². The molecular weight excluding hydrogens is 286 g/mol. The van der Waals surface area contributed by atoms with Crippen LogP contribution < -0.4 is 5.32 Å². The van der Waals surface area contributed by atoms with E-state index in [4.69, 9.17) is 5.26 Å². The largest absolute Gasteiger partial charge is 0.378 e.